The highest BCUT2D eigenvalue weighted by Crippen LogP contribution is 2.61. The van der Waals surface area contributed by atoms with Gasteiger partial charge in [-0.3, -0.25) is 9.59 Å². The first-order valence-electron chi connectivity index (χ1n) is 16.5. The molecular weight excluding hydrogens is 705 g/mol. The van der Waals surface area contributed by atoms with Crippen LogP contribution in [0.15, 0.2) is 123 Å². The Kier molecular flexibility index (Phi) is 9.68. The van der Waals surface area contributed by atoms with Gasteiger partial charge in [-0.15, -0.1) is 0 Å². The molecule has 2 aliphatic heterocycles. The summed E-state index contributed by atoms with van der Waals surface area (Å²) in [4.78, 5) is 52.4. The smallest absolute Gasteiger partial charge is 0.356 e. The van der Waals surface area contributed by atoms with Gasteiger partial charge in [-0.05, 0) is 101 Å². The first kappa shape index (κ1) is 35.3. The molecule has 1 atom stereocenters. The van der Waals surface area contributed by atoms with Crippen molar-refractivity contribution >= 4 is 51.9 Å². The minimum absolute atomic E-state index is 0.00629. The van der Waals surface area contributed by atoms with E-state index in [2.05, 4.69) is 28.8 Å². The van der Waals surface area contributed by atoms with Gasteiger partial charge in [-0.25, -0.2) is 14.6 Å². The third-order valence-electron chi connectivity index (χ3n) is 9.02. The molecule has 10 heteroatoms. The predicted molar refractivity (Wildman–Crippen MR) is 205 cm³/mol. The second kappa shape index (κ2) is 14.5. The number of hydrogen-bond acceptors (Lipinski definition) is 10. The molecule has 4 aromatic rings. The first-order chi connectivity index (χ1) is 25.6. The summed E-state index contributed by atoms with van der Waals surface area (Å²) in [6.45, 7) is 3.05. The summed E-state index contributed by atoms with van der Waals surface area (Å²) in [5, 5.41) is 6.12. The van der Waals surface area contributed by atoms with Gasteiger partial charge in [0, 0.05) is 52.1 Å². The molecule has 53 heavy (non-hydrogen) atoms. The van der Waals surface area contributed by atoms with Gasteiger partial charge in [-0.2, -0.15) is 5.10 Å². The molecule has 0 fully saturated rings. The van der Waals surface area contributed by atoms with Crippen LogP contribution in [0.5, 0.6) is 0 Å². The van der Waals surface area contributed by atoms with Crippen molar-refractivity contribution in [3.8, 4) is 34.8 Å². The number of hydrogen-bond donors (Lipinski definition) is 0. The van der Waals surface area contributed by atoms with Gasteiger partial charge in [0.15, 0.2) is 15.9 Å². The number of thioether (sulfide) groups is 2. The van der Waals surface area contributed by atoms with E-state index in [4.69, 9.17) is 9.47 Å². The predicted octanol–water partition coefficient (Wildman–Crippen LogP) is 6.87. The number of ether oxygens (including phenoxy) is 2. The van der Waals surface area contributed by atoms with Crippen LogP contribution < -0.4 is 0 Å². The van der Waals surface area contributed by atoms with E-state index in [0.29, 0.717) is 11.1 Å². The number of methoxy groups -OCH3 is 2. The molecule has 2 heterocycles. The average Bonchev–Trinajstić information content (AvgIpc) is 3.63. The van der Waals surface area contributed by atoms with Crippen molar-refractivity contribution in [3.63, 3.8) is 0 Å². The number of hydrazone groups is 1. The second-order valence-corrected chi connectivity index (χ2v) is 14.7. The first-order valence-corrected chi connectivity index (χ1v) is 18.1. The van der Waals surface area contributed by atoms with E-state index in [1.54, 1.807) is 12.3 Å². The van der Waals surface area contributed by atoms with E-state index in [-0.39, 0.29) is 21.5 Å². The minimum Gasteiger partial charge on any atom is -0.466 e. The Morgan fingerprint density at radius 1 is 0.660 bits per heavy atom. The maximum atomic E-state index is 14.1. The van der Waals surface area contributed by atoms with Crippen molar-refractivity contribution < 1.29 is 28.7 Å². The summed E-state index contributed by atoms with van der Waals surface area (Å²) >= 11 is 2.32. The van der Waals surface area contributed by atoms with Crippen LogP contribution in [0.1, 0.15) is 47.2 Å². The third-order valence-corrected chi connectivity index (χ3v) is 10.6. The summed E-state index contributed by atoms with van der Waals surface area (Å²) in [5.41, 5.74) is 5.00. The van der Waals surface area contributed by atoms with Gasteiger partial charge in [0.25, 0.3) is 0 Å². The van der Waals surface area contributed by atoms with E-state index in [1.807, 2.05) is 91.0 Å². The number of benzene rings is 4. The molecule has 8 nitrogen and oxygen atoms in total. The van der Waals surface area contributed by atoms with Crippen LogP contribution in [-0.2, 0) is 34.1 Å². The summed E-state index contributed by atoms with van der Waals surface area (Å²) in [6.07, 6.45) is 5.28. The number of rotatable bonds is 4. The van der Waals surface area contributed by atoms with Crippen LogP contribution in [0, 0.1) is 23.7 Å². The topological polar surface area (TPSA) is 102 Å². The van der Waals surface area contributed by atoms with E-state index >= 15 is 0 Å². The lowest BCUT2D eigenvalue weighted by Crippen LogP contribution is -2.44. The van der Waals surface area contributed by atoms with Crippen LogP contribution in [0.25, 0.3) is 11.1 Å². The SMILES string of the molecule is COC(=O)C1=C(C(=O)OC)C2(c3cc(C#Cc4ccc(SC(C)=O)cc4)ccc3-c3ccc(C#Cc4ccc(SC(C)=O)cc4)cc32)C2C=CC=NN12. The molecule has 7 rings (SSSR count). The number of nitrogens with zero attached hydrogens (tertiary/aromatic N) is 2. The van der Waals surface area contributed by atoms with E-state index in [1.165, 1.54) is 33.1 Å². The van der Waals surface area contributed by atoms with Crippen molar-refractivity contribution in [2.75, 3.05) is 14.2 Å². The molecule has 3 aliphatic rings. The zero-order chi connectivity index (χ0) is 37.3. The summed E-state index contributed by atoms with van der Waals surface area (Å²) in [5.74, 6) is 11.6. The van der Waals surface area contributed by atoms with Crippen LogP contribution in [0.2, 0.25) is 0 Å². The Morgan fingerprint density at radius 3 is 1.57 bits per heavy atom. The zero-order valence-electron chi connectivity index (χ0n) is 29.1. The van der Waals surface area contributed by atoms with Crippen molar-refractivity contribution in [2.24, 2.45) is 5.10 Å². The quantitative estimate of drug-likeness (QED) is 0.126. The number of carbonyl (C=O) groups excluding carboxylic acids is 4. The van der Waals surface area contributed by atoms with Gasteiger partial charge < -0.3 is 9.47 Å². The van der Waals surface area contributed by atoms with Crippen LogP contribution >= 0.6 is 23.5 Å². The zero-order valence-corrected chi connectivity index (χ0v) is 30.7. The van der Waals surface area contributed by atoms with Gasteiger partial charge in [-0.1, -0.05) is 65.4 Å². The van der Waals surface area contributed by atoms with Crippen molar-refractivity contribution in [1.82, 2.24) is 5.01 Å². The maximum Gasteiger partial charge on any atom is 0.356 e. The highest BCUT2D eigenvalue weighted by molar-refractivity contribution is 8.13. The van der Waals surface area contributed by atoms with E-state index < -0.39 is 23.4 Å². The van der Waals surface area contributed by atoms with Crippen LogP contribution in [0.4, 0.5) is 0 Å². The fourth-order valence-corrected chi connectivity index (χ4v) is 8.19. The molecule has 0 saturated carbocycles. The standard InChI is InChI=1S/C43H30N2O6S2/c1-26(46)52-32-17-11-28(12-18-32)7-9-30-15-21-34-35-22-16-31(10-8-29-13-19-33(20-14-29)53-27(2)47)25-37(35)43(36(34)24-30)38-6-5-23-44-45(38)40(42(49)51-4)39(43)41(48)50-3/h5-6,11-25,38H,1-4H3. The molecule has 0 saturated heterocycles. The fraction of sp³-hybridized carbons (Fsp3) is 0.140. The fourth-order valence-electron chi connectivity index (χ4n) is 6.98. The number of fused-ring (bicyclic) bond motifs is 7. The third kappa shape index (κ3) is 6.48. The van der Waals surface area contributed by atoms with Crippen LogP contribution in [-0.4, -0.2) is 53.7 Å². The molecule has 260 valence electrons. The van der Waals surface area contributed by atoms with Crippen molar-refractivity contribution in [3.05, 3.63) is 142 Å². The molecule has 0 bridgehead atoms. The summed E-state index contributed by atoms with van der Waals surface area (Å²) in [7, 11) is 2.55. The van der Waals surface area contributed by atoms with Crippen molar-refractivity contribution in [2.45, 2.75) is 35.1 Å². The Balaban J connectivity index is 1.40. The minimum atomic E-state index is -1.26. The lowest BCUT2D eigenvalue weighted by Gasteiger charge is -2.36. The molecule has 1 spiro atoms. The highest BCUT2D eigenvalue weighted by atomic mass is 32.2. The average molecular weight is 735 g/mol. The maximum absolute atomic E-state index is 14.1. The molecule has 0 N–H and O–H groups in total. The highest BCUT2D eigenvalue weighted by Gasteiger charge is 2.63. The van der Waals surface area contributed by atoms with E-state index in [9.17, 15) is 19.2 Å². The number of carbonyl (C=O) groups is 4. The molecule has 1 aliphatic carbocycles. The molecule has 0 radical (unpaired) electrons. The normalized spacial score (nSPS) is 15.4. The Morgan fingerprint density at radius 2 is 1.11 bits per heavy atom. The Hall–Kier alpha value is -6.07. The Labute approximate surface area is 315 Å². The molecule has 0 amide bonds. The molecule has 0 aromatic heterocycles. The molecular formula is C43H30N2O6S2. The van der Waals surface area contributed by atoms with Gasteiger partial charge in [0.05, 0.1) is 31.2 Å². The molecule has 4 aromatic carbocycles. The summed E-state index contributed by atoms with van der Waals surface area (Å²) in [6, 6.07) is 26.0. The van der Waals surface area contributed by atoms with Gasteiger partial charge in [0.2, 0.25) is 0 Å². The lowest BCUT2D eigenvalue weighted by molar-refractivity contribution is -0.140. The van der Waals surface area contributed by atoms with E-state index in [0.717, 1.165) is 66.7 Å². The number of esters is 2. The second-order valence-electron chi connectivity index (χ2n) is 12.2. The largest absolute Gasteiger partial charge is 0.466 e. The number of allylic oxidation sites excluding steroid dienone is 1. The van der Waals surface area contributed by atoms with Gasteiger partial charge in [0.1, 0.15) is 0 Å². The Bertz CT molecular complexity index is 2310. The summed E-state index contributed by atoms with van der Waals surface area (Å²) < 4.78 is 10.7. The van der Waals surface area contributed by atoms with Gasteiger partial charge >= 0.3 is 11.9 Å². The monoisotopic (exact) mass is 734 g/mol. The lowest BCUT2D eigenvalue weighted by atomic mass is 9.67. The van der Waals surface area contributed by atoms with Crippen molar-refractivity contribution in [1.29, 1.82) is 0 Å². The van der Waals surface area contributed by atoms with Crippen LogP contribution in [0.3, 0.4) is 0 Å². The molecule has 1 unspecified atom stereocenters.